The predicted molar refractivity (Wildman–Crippen MR) is 140 cm³/mol. The van der Waals surface area contributed by atoms with Crippen molar-refractivity contribution in [1.29, 1.82) is 5.26 Å². The first-order chi connectivity index (χ1) is 17.6. The summed E-state index contributed by atoms with van der Waals surface area (Å²) >= 11 is 0. The SMILES string of the molecule is N#CCC(NC(=O)c1c(C[N+]2([O-])CCCC2)c(-c2ccccc2)nc2ccccc12)c1ccccc1. The van der Waals surface area contributed by atoms with Crippen LogP contribution in [0.5, 0.6) is 0 Å². The number of rotatable bonds is 7. The van der Waals surface area contributed by atoms with Crippen LogP contribution in [0.4, 0.5) is 0 Å². The van der Waals surface area contributed by atoms with Gasteiger partial charge in [-0.2, -0.15) is 5.26 Å². The second-order valence-electron chi connectivity index (χ2n) is 9.37. The molecular weight excluding hydrogens is 448 g/mol. The third kappa shape index (κ3) is 4.85. The maximum Gasteiger partial charge on any atom is 0.253 e. The molecule has 0 aliphatic carbocycles. The third-order valence-corrected chi connectivity index (χ3v) is 6.90. The lowest BCUT2D eigenvalue weighted by Gasteiger charge is -2.39. The number of hydrogen-bond donors (Lipinski definition) is 1. The highest BCUT2D eigenvalue weighted by molar-refractivity contribution is 6.09. The van der Waals surface area contributed by atoms with E-state index in [4.69, 9.17) is 4.98 Å². The zero-order valence-electron chi connectivity index (χ0n) is 20.1. The van der Waals surface area contributed by atoms with Crippen molar-refractivity contribution in [2.75, 3.05) is 13.1 Å². The van der Waals surface area contributed by atoms with E-state index in [-0.39, 0.29) is 23.5 Å². The van der Waals surface area contributed by atoms with Crippen LogP contribution in [0.1, 0.15) is 46.8 Å². The number of benzene rings is 3. The maximum atomic E-state index is 14.0. The summed E-state index contributed by atoms with van der Waals surface area (Å²) in [4.78, 5) is 19.0. The number of hydroxylamine groups is 3. The van der Waals surface area contributed by atoms with Gasteiger partial charge < -0.3 is 15.2 Å². The average molecular weight is 477 g/mol. The molecule has 1 fully saturated rings. The Morgan fingerprint density at radius 3 is 2.31 bits per heavy atom. The highest BCUT2D eigenvalue weighted by atomic mass is 16.5. The molecule has 3 aromatic carbocycles. The van der Waals surface area contributed by atoms with Crippen molar-refractivity contribution in [2.24, 2.45) is 0 Å². The van der Waals surface area contributed by atoms with Gasteiger partial charge in [-0.3, -0.25) is 4.79 Å². The van der Waals surface area contributed by atoms with Gasteiger partial charge >= 0.3 is 0 Å². The number of likely N-dealkylation sites (tertiary alicyclic amines) is 1. The summed E-state index contributed by atoms with van der Waals surface area (Å²) in [5, 5.41) is 26.9. The lowest BCUT2D eigenvalue weighted by atomic mass is 9.94. The van der Waals surface area contributed by atoms with Gasteiger partial charge in [0.05, 0.1) is 48.4 Å². The second-order valence-corrected chi connectivity index (χ2v) is 9.37. The fraction of sp³-hybridized carbons (Fsp3) is 0.233. The van der Waals surface area contributed by atoms with Crippen LogP contribution < -0.4 is 5.32 Å². The molecule has 36 heavy (non-hydrogen) atoms. The largest absolute Gasteiger partial charge is 0.633 e. The molecule has 6 heteroatoms. The van der Waals surface area contributed by atoms with E-state index in [1.54, 1.807) is 0 Å². The van der Waals surface area contributed by atoms with Gasteiger partial charge in [0.2, 0.25) is 0 Å². The van der Waals surface area contributed by atoms with Crippen LogP contribution in [0.3, 0.4) is 0 Å². The Labute approximate surface area is 211 Å². The van der Waals surface area contributed by atoms with Crippen LogP contribution >= 0.6 is 0 Å². The number of hydrogen-bond acceptors (Lipinski definition) is 4. The molecule has 0 saturated carbocycles. The molecule has 6 nitrogen and oxygen atoms in total. The van der Waals surface area contributed by atoms with E-state index in [0.717, 1.165) is 24.0 Å². The molecule has 4 aromatic rings. The van der Waals surface area contributed by atoms with Gasteiger partial charge in [-0.05, 0) is 11.6 Å². The van der Waals surface area contributed by atoms with Crippen LogP contribution in [-0.2, 0) is 6.54 Å². The highest BCUT2D eigenvalue weighted by Gasteiger charge is 2.30. The minimum absolute atomic E-state index is 0.140. The van der Waals surface area contributed by atoms with E-state index in [2.05, 4.69) is 11.4 Å². The third-order valence-electron chi connectivity index (χ3n) is 6.90. The summed E-state index contributed by atoms with van der Waals surface area (Å²) in [5.41, 5.74) is 4.23. The van der Waals surface area contributed by atoms with E-state index in [9.17, 15) is 15.3 Å². The highest BCUT2D eigenvalue weighted by Crippen LogP contribution is 2.34. The molecule has 1 amide bonds. The number of amides is 1. The number of nitrogens with one attached hydrogen (secondary N) is 1. The molecule has 0 spiro atoms. The summed E-state index contributed by atoms with van der Waals surface area (Å²) in [7, 11) is 0. The van der Waals surface area contributed by atoms with E-state index in [1.807, 2.05) is 84.9 Å². The molecule has 1 saturated heterocycles. The maximum absolute atomic E-state index is 14.0. The molecule has 1 aromatic heterocycles. The van der Waals surface area contributed by atoms with Crippen LogP contribution in [0, 0.1) is 16.5 Å². The van der Waals surface area contributed by atoms with Crippen molar-refractivity contribution in [3.8, 4) is 17.3 Å². The zero-order valence-corrected chi connectivity index (χ0v) is 20.1. The van der Waals surface area contributed by atoms with Crippen LogP contribution in [0.2, 0.25) is 0 Å². The fourth-order valence-electron chi connectivity index (χ4n) is 5.12. The number of pyridine rings is 1. The Morgan fingerprint density at radius 2 is 1.61 bits per heavy atom. The van der Waals surface area contributed by atoms with Crippen molar-refractivity contribution in [3.63, 3.8) is 0 Å². The molecule has 180 valence electrons. The molecule has 1 aliphatic heterocycles. The van der Waals surface area contributed by atoms with Gasteiger partial charge in [-0.25, -0.2) is 4.98 Å². The second kappa shape index (κ2) is 10.3. The van der Waals surface area contributed by atoms with Gasteiger partial charge in [0.25, 0.3) is 5.91 Å². The van der Waals surface area contributed by atoms with Gasteiger partial charge in [0, 0.05) is 29.4 Å². The van der Waals surface area contributed by atoms with Crippen LogP contribution in [-0.4, -0.2) is 28.6 Å². The van der Waals surface area contributed by atoms with Crippen molar-refractivity contribution in [1.82, 2.24) is 10.3 Å². The summed E-state index contributed by atoms with van der Waals surface area (Å²) < 4.78 is -0.361. The number of quaternary nitrogens is 1. The number of aromatic nitrogens is 1. The number of fused-ring (bicyclic) bond motifs is 1. The van der Waals surface area contributed by atoms with Crippen LogP contribution in [0.25, 0.3) is 22.2 Å². The molecule has 5 rings (SSSR count). The van der Waals surface area contributed by atoms with Crippen LogP contribution in [0.15, 0.2) is 84.9 Å². The quantitative estimate of drug-likeness (QED) is 0.266. The minimum atomic E-state index is -0.467. The summed E-state index contributed by atoms with van der Waals surface area (Å²) in [6, 6.07) is 28.5. The minimum Gasteiger partial charge on any atom is -0.633 e. The van der Waals surface area contributed by atoms with E-state index in [0.29, 0.717) is 40.8 Å². The summed E-state index contributed by atoms with van der Waals surface area (Å²) in [6.45, 7) is 1.24. The van der Waals surface area contributed by atoms with E-state index >= 15 is 0 Å². The fourth-order valence-corrected chi connectivity index (χ4v) is 5.12. The lowest BCUT2D eigenvalue weighted by molar-refractivity contribution is -0.881. The summed E-state index contributed by atoms with van der Waals surface area (Å²) in [6.07, 6.45) is 1.90. The Hall–Kier alpha value is -4.05. The molecule has 2 heterocycles. The topological polar surface area (TPSA) is 88.8 Å². The Morgan fingerprint density at radius 1 is 0.972 bits per heavy atom. The normalized spacial score (nSPS) is 15.3. The van der Waals surface area contributed by atoms with Gasteiger partial charge in [0.15, 0.2) is 0 Å². The number of nitrogens with zero attached hydrogens (tertiary/aromatic N) is 3. The Bertz CT molecular complexity index is 1410. The molecule has 0 bridgehead atoms. The standard InChI is InChI=1S/C30H28N4O2/c31-18-17-26(22-11-3-1-4-12-22)33-30(35)28-24-15-7-8-16-27(24)32-29(23-13-5-2-6-14-23)25(28)21-34(36)19-9-10-20-34/h1-8,11-16,26H,9-10,17,19-21H2,(H,33,35). The number of carbonyl (C=O) groups excluding carboxylic acids is 1. The van der Waals surface area contributed by atoms with Gasteiger partial charge in [0.1, 0.15) is 6.54 Å². The van der Waals surface area contributed by atoms with Crippen molar-refractivity contribution >= 4 is 16.8 Å². The first-order valence-corrected chi connectivity index (χ1v) is 12.3. The Balaban J connectivity index is 1.68. The average Bonchev–Trinajstić information content (AvgIpc) is 3.34. The monoisotopic (exact) mass is 476 g/mol. The van der Waals surface area contributed by atoms with E-state index in [1.165, 1.54) is 0 Å². The molecule has 0 radical (unpaired) electrons. The van der Waals surface area contributed by atoms with Crippen molar-refractivity contribution in [2.45, 2.75) is 31.8 Å². The lowest BCUT2D eigenvalue weighted by Crippen LogP contribution is -2.39. The Kier molecular flexibility index (Phi) is 6.77. The number of para-hydroxylation sites is 1. The number of nitriles is 1. The molecule has 1 unspecified atom stereocenters. The molecular formula is C30H28N4O2. The first kappa shape index (κ1) is 23.7. The first-order valence-electron chi connectivity index (χ1n) is 12.3. The zero-order chi connectivity index (χ0) is 25.0. The van der Waals surface area contributed by atoms with Crippen molar-refractivity contribution in [3.05, 3.63) is 107 Å². The van der Waals surface area contributed by atoms with Gasteiger partial charge in [-0.15, -0.1) is 0 Å². The number of carbonyl (C=O) groups is 1. The smallest absolute Gasteiger partial charge is 0.253 e. The van der Waals surface area contributed by atoms with Crippen molar-refractivity contribution < 1.29 is 9.44 Å². The molecule has 1 N–H and O–H groups in total. The predicted octanol–water partition coefficient (Wildman–Crippen LogP) is 5.89. The van der Waals surface area contributed by atoms with E-state index < -0.39 is 6.04 Å². The molecule has 1 aliphatic rings. The summed E-state index contributed by atoms with van der Waals surface area (Å²) in [5.74, 6) is -0.296. The van der Waals surface area contributed by atoms with Gasteiger partial charge in [-0.1, -0.05) is 78.9 Å². The molecule has 1 atom stereocenters.